The van der Waals surface area contributed by atoms with Crippen molar-refractivity contribution in [2.24, 2.45) is 0 Å². The van der Waals surface area contributed by atoms with Crippen molar-refractivity contribution in [1.29, 1.82) is 0 Å². The van der Waals surface area contributed by atoms with Crippen molar-refractivity contribution in [3.63, 3.8) is 0 Å². The van der Waals surface area contributed by atoms with Crippen molar-refractivity contribution in [3.05, 3.63) is 6.33 Å². The van der Waals surface area contributed by atoms with Gasteiger partial charge in [0.2, 0.25) is 0 Å². The Morgan fingerprint density at radius 2 is 1.57 bits per heavy atom. The van der Waals surface area contributed by atoms with E-state index in [1.54, 1.807) is 0 Å². The van der Waals surface area contributed by atoms with E-state index < -0.39 is 0 Å². The first-order valence-corrected chi connectivity index (χ1v) is 8.77. The van der Waals surface area contributed by atoms with Gasteiger partial charge in [-0.3, -0.25) is 0 Å². The van der Waals surface area contributed by atoms with Crippen molar-refractivity contribution in [3.8, 4) is 11.8 Å². The second-order valence-corrected chi connectivity index (χ2v) is 7.61. The van der Waals surface area contributed by atoms with Crippen LogP contribution in [0.3, 0.4) is 0 Å². The Morgan fingerprint density at radius 1 is 0.857 bits per heavy atom. The summed E-state index contributed by atoms with van der Waals surface area (Å²) in [5.41, 5.74) is 0.453. The van der Waals surface area contributed by atoms with Crippen LogP contribution >= 0.6 is 0 Å². The van der Waals surface area contributed by atoms with Crippen LogP contribution in [-0.2, 0) is 11.1 Å². The molecule has 4 nitrogen and oxygen atoms in total. The molecule has 2 aliphatic carbocycles. The van der Waals surface area contributed by atoms with E-state index in [0.717, 1.165) is 25.0 Å². The third kappa shape index (κ3) is 1.54. The van der Waals surface area contributed by atoms with Gasteiger partial charge in [-0.2, -0.15) is 9.13 Å². The molecule has 0 aromatic carbocycles. The molecule has 4 heteroatoms. The topological polar surface area (TPSA) is 27.3 Å². The molecule has 1 aromatic heterocycles. The molecular formula is C17H25N2O2+. The lowest BCUT2D eigenvalue weighted by Gasteiger charge is -2.30. The maximum Gasteiger partial charge on any atom is 0.373 e. The fourth-order valence-corrected chi connectivity index (χ4v) is 5.10. The summed E-state index contributed by atoms with van der Waals surface area (Å²) < 4.78 is 17.1. The van der Waals surface area contributed by atoms with Crippen LogP contribution in [0.1, 0.15) is 64.2 Å². The number of ether oxygens (including phenoxy) is 2. The highest BCUT2D eigenvalue weighted by atomic mass is 16.5. The standard InChI is InChI=1S/C17H25N2O2/c1-3-7-16(8-4-1)11-20-14-15-19(13-18(14)16)17(12-21-15)9-5-2-6-10-17/h13H,1-12H2/q+1. The van der Waals surface area contributed by atoms with Gasteiger partial charge in [0.1, 0.15) is 24.3 Å². The van der Waals surface area contributed by atoms with Gasteiger partial charge in [-0.25, -0.2) is 0 Å². The average molecular weight is 289 g/mol. The van der Waals surface area contributed by atoms with Crippen molar-refractivity contribution >= 4 is 0 Å². The van der Waals surface area contributed by atoms with Gasteiger partial charge in [0, 0.05) is 0 Å². The SMILES string of the molecule is c1n2c(c3[n+]1C1(CCCCC1)CO3)OCC21CCCCC1. The first kappa shape index (κ1) is 12.4. The number of hydrogen-bond donors (Lipinski definition) is 0. The summed E-state index contributed by atoms with van der Waals surface area (Å²) >= 11 is 0. The lowest BCUT2D eigenvalue weighted by atomic mass is 9.82. The second-order valence-electron chi connectivity index (χ2n) is 7.61. The van der Waals surface area contributed by atoms with Gasteiger partial charge in [0.15, 0.2) is 0 Å². The maximum absolute atomic E-state index is 6.13. The lowest BCUT2D eigenvalue weighted by Crippen LogP contribution is -2.55. The summed E-state index contributed by atoms with van der Waals surface area (Å²) in [5.74, 6) is 2.03. The Bertz CT molecular complexity index is 517. The van der Waals surface area contributed by atoms with E-state index in [1.807, 2.05) is 0 Å². The van der Waals surface area contributed by atoms with Gasteiger partial charge >= 0.3 is 11.8 Å². The minimum Gasteiger partial charge on any atom is -0.452 e. The molecule has 2 aliphatic heterocycles. The highest BCUT2D eigenvalue weighted by Gasteiger charge is 2.56. The van der Waals surface area contributed by atoms with Crippen LogP contribution in [0.2, 0.25) is 0 Å². The molecule has 0 atom stereocenters. The van der Waals surface area contributed by atoms with E-state index in [2.05, 4.69) is 15.5 Å². The van der Waals surface area contributed by atoms with Crippen LogP contribution in [0, 0.1) is 0 Å². The predicted octanol–water partition coefficient (Wildman–Crippen LogP) is 2.88. The Balaban J connectivity index is 1.58. The molecule has 4 aliphatic rings. The summed E-state index contributed by atoms with van der Waals surface area (Å²) in [7, 11) is 0. The molecule has 0 saturated heterocycles. The van der Waals surface area contributed by atoms with Crippen LogP contribution in [0.4, 0.5) is 0 Å². The Hall–Kier alpha value is -1.19. The predicted molar refractivity (Wildman–Crippen MR) is 77.7 cm³/mol. The summed E-state index contributed by atoms with van der Waals surface area (Å²) in [6.45, 7) is 1.71. The molecule has 5 rings (SSSR count). The largest absolute Gasteiger partial charge is 0.452 e. The van der Waals surface area contributed by atoms with Gasteiger partial charge in [-0.1, -0.05) is 12.8 Å². The molecule has 114 valence electrons. The Labute approximate surface area is 126 Å². The Morgan fingerprint density at radius 3 is 2.33 bits per heavy atom. The zero-order valence-electron chi connectivity index (χ0n) is 12.8. The van der Waals surface area contributed by atoms with E-state index in [0.29, 0.717) is 0 Å². The highest BCUT2D eigenvalue weighted by molar-refractivity contribution is 5.29. The summed E-state index contributed by atoms with van der Waals surface area (Å²) in [4.78, 5) is 0. The zero-order chi connectivity index (χ0) is 13.9. The average Bonchev–Trinajstić information content (AvgIpc) is 3.16. The molecule has 2 fully saturated rings. The number of hydrogen-bond acceptors (Lipinski definition) is 2. The van der Waals surface area contributed by atoms with Gasteiger partial charge in [-0.15, -0.1) is 0 Å². The molecule has 21 heavy (non-hydrogen) atoms. The van der Waals surface area contributed by atoms with Crippen LogP contribution in [0.25, 0.3) is 0 Å². The van der Waals surface area contributed by atoms with Gasteiger partial charge in [0.25, 0.3) is 6.33 Å². The first-order valence-electron chi connectivity index (χ1n) is 8.77. The normalized spacial score (nSPS) is 28.2. The summed E-state index contributed by atoms with van der Waals surface area (Å²) in [5, 5.41) is 0. The molecule has 0 N–H and O–H groups in total. The molecule has 3 heterocycles. The van der Waals surface area contributed by atoms with Crippen molar-refractivity contribution in [2.45, 2.75) is 75.3 Å². The molecule has 0 bridgehead atoms. The third-order valence-electron chi connectivity index (χ3n) is 6.40. The van der Waals surface area contributed by atoms with Crippen LogP contribution in [0.5, 0.6) is 11.8 Å². The van der Waals surface area contributed by atoms with E-state index in [1.165, 1.54) is 64.2 Å². The second kappa shape index (κ2) is 4.17. The smallest absolute Gasteiger partial charge is 0.373 e. The number of aromatic nitrogens is 2. The molecule has 0 unspecified atom stereocenters. The highest BCUT2D eigenvalue weighted by Crippen LogP contribution is 2.48. The van der Waals surface area contributed by atoms with E-state index in [4.69, 9.17) is 9.47 Å². The van der Waals surface area contributed by atoms with Crippen LogP contribution in [0.15, 0.2) is 6.33 Å². The van der Waals surface area contributed by atoms with Crippen LogP contribution in [-0.4, -0.2) is 17.8 Å². The fraction of sp³-hybridized carbons (Fsp3) is 0.824. The molecule has 1 aromatic rings. The molecule has 2 saturated carbocycles. The van der Waals surface area contributed by atoms with Gasteiger partial charge in [0.05, 0.1) is 0 Å². The summed E-state index contributed by atoms with van der Waals surface area (Å²) in [6.07, 6.45) is 15.5. The Kier molecular flexibility index (Phi) is 2.46. The van der Waals surface area contributed by atoms with Crippen molar-refractivity contribution in [1.82, 2.24) is 4.57 Å². The van der Waals surface area contributed by atoms with Gasteiger partial charge < -0.3 is 9.47 Å². The van der Waals surface area contributed by atoms with Gasteiger partial charge in [-0.05, 0) is 51.4 Å². The quantitative estimate of drug-likeness (QED) is 0.687. The lowest BCUT2D eigenvalue weighted by molar-refractivity contribution is -0.749. The summed E-state index contributed by atoms with van der Waals surface area (Å²) in [6, 6.07) is 0. The van der Waals surface area contributed by atoms with Crippen molar-refractivity contribution < 1.29 is 14.0 Å². The first-order chi connectivity index (χ1) is 10.3. The number of nitrogens with zero attached hydrogens (tertiary/aromatic N) is 2. The minimum absolute atomic E-state index is 0.226. The fourth-order valence-electron chi connectivity index (χ4n) is 5.10. The number of fused-ring (bicyclic) bond motifs is 5. The van der Waals surface area contributed by atoms with Crippen LogP contribution < -0.4 is 14.0 Å². The maximum atomic E-state index is 6.13. The van der Waals surface area contributed by atoms with E-state index >= 15 is 0 Å². The van der Waals surface area contributed by atoms with E-state index in [-0.39, 0.29) is 11.1 Å². The monoisotopic (exact) mass is 289 g/mol. The number of imidazole rings is 1. The molecular weight excluding hydrogens is 264 g/mol. The zero-order valence-corrected chi connectivity index (χ0v) is 12.8. The number of rotatable bonds is 0. The third-order valence-corrected chi connectivity index (χ3v) is 6.40. The molecule has 0 radical (unpaired) electrons. The van der Waals surface area contributed by atoms with Crippen molar-refractivity contribution in [2.75, 3.05) is 13.2 Å². The minimum atomic E-state index is 0.226. The van der Waals surface area contributed by atoms with E-state index in [9.17, 15) is 0 Å². The molecule has 2 spiro atoms. The molecule has 0 amide bonds.